The van der Waals surface area contributed by atoms with Crippen LogP contribution in [-0.2, 0) is 19.2 Å². The second kappa shape index (κ2) is 6.36. The minimum atomic E-state index is -0.552. The molecule has 0 spiro atoms. The molecule has 0 fully saturated rings. The summed E-state index contributed by atoms with van der Waals surface area (Å²) in [6, 6.07) is 0. The monoisotopic (exact) mass is 173 g/mol. The van der Waals surface area contributed by atoms with Crippen LogP contribution >= 0.6 is 0 Å². The van der Waals surface area contributed by atoms with Crippen LogP contribution in [0.1, 0.15) is 6.92 Å². The lowest BCUT2D eigenvalue weighted by atomic mass is 10.5. The zero-order valence-electron chi connectivity index (χ0n) is 6.99. The molecule has 12 heavy (non-hydrogen) atoms. The molecule has 0 atom stereocenters. The zero-order valence-corrected chi connectivity index (χ0v) is 6.99. The van der Waals surface area contributed by atoms with E-state index in [-0.39, 0.29) is 6.61 Å². The minimum absolute atomic E-state index is 0.287. The first-order chi connectivity index (χ1) is 5.70. The molecule has 0 saturated heterocycles. The van der Waals surface area contributed by atoms with Crippen LogP contribution in [0.4, 0.5) is 0 Å². The molecule has 0 aromatic heterocycles. The van der Waals surface area contributed by atoms with Crippen molar-refractivity contribution in [2.45, 2.75) is 6.92 Å². The van der Waals surface area contributed by atoms with Crippen LogP contribution in [0.25, 0.3) is 0 Å². The van der Waals surface area contributed by atoms with Gasteiger partial charge in [0, 0.05) is 12.2 Å². The predicted molar refractivity (Wildman–Crippen MR) is 40.9 cm³/mol. The smallest absolute Gasteiger partial charge is 0.330 e. The topological polar surface area (TPSA) is 64.6 Å². The van der Waals surface area contributed by atoms with Crippen molar-refractivity contribution in [1.82, 2.24) is 5.48 Å². The third kappa shape index (κ3) is 5.43. The minimum Gasteiger partial charge on any atom is -0.463 e. The zero-order chi connectivity index (χ0) is 9.40. The molecule has 1 amide bonds. The van der Waals surface area contributed by atoms with Crippen LogP contribution < -0.4 is 5.48 Å². The highest BCUT2D eigenvalue weighted by Gasteiger charge is 1.96. The lowest BCUT2D eigenvalue weighted by molar-refractivity contribution is -0.137. The van der Waals surface area contributed by atoms with E-state index in [1.807, 2.05) is 5.48 Å². The Kier molecular flexibility index (Phi) is 5.64. The molecule has 5 heteroatoms. The first-order valence-corrected chi connectivity index (χ1v) is 3.38. The number of esters is 1. The standard InChI is InChI=1S/C7H11NO4/c1-3-12-7(10)5-4-6(9)8-11-2/h4-5H,3H2,1-2H3,(H,8,9)/b5-4+. The lowest BCUT2D eigenvalue weighted by Gasteiger charge is -1.95. The van der Waals surface area contributed by atoms with Crippen LogP contribution in [0.15, 0.2) is 12.2 Å². The summed E-state index contributed by atoms with van der Waals surface area (Å²) in [7, 11) is 1.30. The second-order valence-corrected chi connectivity index (χ2v) is 1.76. The Hall–Kier alpha value is -1.36. The Morgan fingerprint density at radius 3 is 2.58 bits per heavy atom. The summed E-state index contributed by atoms with van der Waals surface area (Å²) in [6.07, 6.45) is 2.05. The maximum atomic E-state index is 10.6. The van der Waals surface area contributed by atoms with Crippen LogP contribution in [0, 0.1) is 0 Å². The first kappa shape index (κ1) is 10.6. The summed E-state index contributed by atoms with van der Waals surface area (Å²) in [4.78, 5) is 25.5. The molecule has 0 unspecified atom stereocenters. The van der Waals surface area contributed by atoms with Gasteiger partial charge in [-0.25, -0.2) is 10.3 Å². The maximum absolute atomic E-state index is 10.6. The molecule has 0 radical (unpaired) electrons. The van der Waals surface area contributed by atoms with E-state index < -0.39 is 11.9 Å². The molecule has 5 nitrogen and oxygen atoms in total. The summed E-state index contributed by atoms with van der Waals surface area (Å²) in [6.45, 7) is 1.97. The average molecular weight is 173 g/mol. The van der Waals surface area contributed by atoms with E-state index in [9.17, 15) is 9.59 Å². The Morgan fingerprint density at radius 2 is 2.08 bits per heavy atom. The van der Waals surface area contributed by atoms with Gasteiger partial charge >= 0.3 is 5.97 Å². The summed E-state index contributed by atoms with van der Waals surface area (Å²) >= 11 is 0. The van der Waals surface area contributed by atoms with E-state index in [1.54, 1.807) is 6.92 Å². The van der Waals surface area contributed by atoms with Gasteiger partial charge in [0.05, 0.1) is 13.7 Å². The molecule has 0 rings (SSSR count). The van der Waals surface area contributed by atoms with E-state index in [4.69, 9.17) is 0 Å². The van der Waals surface area contributed by atoms with Crippen molar-refractivity contribution in [2.24, 2.45) is 0 Å². The number of carbonyl (C=O) groups excluding carboxylic acids is 2. The fourth-order valence-corrected chi connectivity index (χ4v) is 0.469. The van der Waals surface area contributed by atoms with Gasteiger partial charge in [-0.3, -0.25) is 9.63 Å². The van der Waals surface area contributed by atoms with Gasteiger partial charge < -0.3 is 4.74 Å². The van der Waals surface area contributed by atoms with E-state index >= 15 is 0 Å². The van der Waals surface area contributed by atoms with Gasteiger partial charge in [-0.15, -0.1) is 0 Å². The van der Waals surface area contributed by atoms with Gasteiger partial charge in [-0.2, -0.15) is 0 Å². The van der Waals surface area contributed by atoms with Crippen LogP contribution in [0.5, 0.6) is 0 Å². The molecular formula is C7H11NO4. The molecule has 0 aromatic rings. The van der Waals surface area contributed by atoms with Crippen molar-refractivity contribution in [2.75, 3.05) is 13.7 Å². The Balaban J connectivity index is 3.73. The highest BCUT2D eigenvalue weighted by molar-refractivity contribution is 5.93. The van der Waals surface area contributed by atoms with Crippen molar-refractivity contribution in [3.63, 3.8) is 0 Å². The fraction of sp³-hybridized carbons (Fsp3) is 0.429. The van der Waals surface area contributed by atoms with Gasteiger partial charge in [0.15, 0.2) is 0 Å². The summed E-state index contributed by atoms with van der Waals surface area (Å²) < 4.78 is 4.52. The molecule has 0 bridgehead atoms. The van der Waals surface area contributed by atoms with E-state index in [0.29, 0.717) is 0 Å². The first-order valence-electron chi connectivity index (χ1n) is 3.38. The van der Waals surface area contributed by atoms with Crippen molar-refractivity contribution in [3.8, 4) is 0 Å². The van der Waals surface area contributed by atoms with Gasteiger partial charge in [0.2, 0.25) is 0 Å². The number of hydroxylamine groups is 1. The van der Waals surface area contributed by atoms with E-state index in [0.717, 1.165) is 12.2 Å². The Bertz CT molecular complexity index is 168. The molecule has 68 valence electrons. The number of hydrogen-bond donors (Lipinski definition) is 1. The molecule has 1 N–H and O–H groups in total. The van der Waals surface area contributed by atoms with Gasteiger partial charge in [-0.1, -0.05) is 0 Å². The lowest BCUT2D eigenvalue weighted by Crippen LogP contribution is -2.19. The molecule has 0 aliphatic carbocycles. The number of nitrogens with one attached hydrogen (secondary N) is 1. The van der Waals surface area contributed by atoms with Crippen molar-refractivity contribution < 1.29 is 19.2 Å². The normalized spacial score (nSPS) is 9.83. The number of ether oxygens (including phenoxy) is 1. The molecule has 0 saturated carbocycles. The largest absolute Gasteiger partial charge is 0.463 e. The average Bonchev–Trinajstić information content (AvgIpc) is 2.02. The third-order valence-corrected chi connectivity index (χ3v) is 0.860. The maximum Gasteiger partial charge on any atom is 0.330 e. The van der Waals surface area contributed by atoms with E-state index in [2.05, 4.69) is 9.57 Å². The molecule has 0 aliphatic heterocycles. The Labute approximate surface area is 70.3 Å². The molecule has 0 aliphatic rings. The number of amides is 1. The molecular weight excluding hydrogens is 162 g/mol. The van der Waals surface area contributed by atoms with Crippen molar-refractivity contribution in [1.29, 1.82) is 0 Å². The number of carbonyl (C=O) groups is 2. The Morgan fingerprint density at radius 1 is 1.42 bits per heavy atom. The van der Waals surface area contributed by atoms with Crippen LogP contribution in [-0.4, -0.2) is 25.6 Å². The van der Waals surface area contributed by atoms with E-state index in [1.165, 1.54) is 7.11 Å². The predicted octanol–water partition coefficient (Wildman–Crippen LogP) is -0.217. The summed E-state index contributed by atoms with van der Waals surface area (Å²) in [5.74, 6) is -1.06. The van der Waals surface area contributed by atoms with Gasteiger partial charge in [0.25, 0.3) is 5.91 Å². The van der Waals surface area contributed by atoms with Crippen molar-refractivity contribution in [3.05, 3.63) is 12.2 Å². The van der Waals surface area contributed by atoms with Gasteiger partial charge in [-0.05, 0) is 6.92 Å². The summed E-state index contributed by atoms with van der Waals surface area (Å²) in [5, 5.41) is 0. The van der Waals surface area contributed by atoms with Crippen LogP contribution in [0.3, 0.4) is 0 Å². The second-order valence-electron chi connectivity index (χ2n) is 1.76. The number of rotatable bonds is 4. The third-order valence-electron chi connectivity index (χ3n) is 0.860. The summed E-state index contributed by atoms with van der Waals surface area (Å²) in [5.41, 5.74) is 2.01. The molecule has 0 heterocycles. The quantitative estimate of drug-likeness (QED) is 0.363. The number of hydrogen-bond acceptors (Lipinski definition) is 4. The van der Waals surface area contributed by atoms with Crippen molar-refractivity contribution >= 4 is 11.9 Å². The fourth-order valence-electron chi connectivity index (χ4n) is 0.469. The molecule has 0 aromatic carbocycles. The highest BCUT2D eigenvalue weighted by Crippen LogP contribution is 1.80. The van der Waals surface area contributed by atoms with Gasteiger partial charge in [0.1, 0.15) is 0 Å². The van der Waals surface area contributed by atoms with Crippen LogP contribution in [0.2, 0.25) is 0 Å². The highest BCUT2D eigenvalue weighted by atomic mass is 16.6. The SMILES string of the molecule is CCOC(=O)/C=C/C(=O)NOC.